The van der Waals surface area contributed by atoms with Crippen molar-refractivity contribution in [3.8, 4) is 0 Å². The van der Waals surface area contributed by atoms with Crippen molar-refractivity contribution in [2.45, 2.75) is 25.8 Å². The van der Waals surface area contributed by atoms with Crippen LogP contribution in [0.1, 0.15) is 33.9 Å². The lowest BCUT2D eigenvalue weighted by Gasteiger charge is -2.31. The number of aromatic nitrogens is 1. The largest absolute Gasteiger partial charge is 0.349 e. The summed E-state index contributed by atoms with van der Waals surface area (Å²) >= 11 is 1.57. The van der Waals surface area contributed by atoms with Crippen LogP contribution < -0.4 is 5.32 Å². The van der Waals surface area contributed by atoms with E-state index in [0.717, 1.165) is 23.5 Å². The van der Waals surface area contributed by atoms with Gasteiger partial charge in [0.25, 0.3) is 5.91 Å². The van der Waals surface area contributed by atoms with Gasteiger partial charge in [-0.25, -0.2) is 4.98 Å². The minimum absolute atomic E-state index is 0.00140. The number of nitrogens with one attached hydrogen (secondary N) is 1. The second-order valence-corrected chi connectivity index (χ2v) is 7.13. The molecule has 1 saturated heterocycles. The summed E-state index contributed by atoms with van der Waals surface area (Å²) in [5, 5.41) is 5.97. The Morgan fingerprint density at radius 2 is 1.96 bits per heavy atom. The topological polar surface area (TPSA) is 62.3 Å². The van der Waals surface area contributed by atoms with E-state index in [1.807, 2.05) is 35.4 Å². The molecular weight excluding hydrogens is 334 g/mol. The molecule has 1 aliphatic heterocycles. The number of benzene rings is 1. The van der Waals surface area contributed by atoms with Crippen molar-refractivity contribution in [1.82, 2.24) is 15.2 Å². The van der Waals surface area contributed by atoms with E-state index in [-0.39, 0.29) is 17.9 Å². The molecule has 0 bridgehead atoms. The SMILES string of the molecule is Cc1nc(/C=C/C(=O)N2CCC(NC(=O)c3ccccc3)CC2)cs1. The number of rotatable bonds is 4. The predicted molar refractivity (Wildman–Crippen MR) is 99.4 cm³/mol. The van der Waals surface area contributed by atoms with Gasteiger partial charge in [-0.05, 0) is 38.0 Å². The molecule has 1 aliphatic rings. The van der Waals surface area contributed by atoms with Crippen LogP contribution in [0.5, 0.6) is 0 Å². The third-order valence-electron chi connectivity index (χ3n) is 4.21. The number of aryl methyl sites for hydroxylation is 1. The predicted octanol–water partition coefficient (Wildman–Crippen LogP) is 2.89. The summed E-state index contributed by atoms with van der Waals surface area (Å²) in [6.45, 7) is 3.25. The fourth-order valence-corrected chi connectivity index (χ4v) is 3.40. The second kappa shape index (κ2) is 8.07. The number of likely N-dealkylation sites (tertiary alicyclic amines) is 1. The van der Waals surface area contributed by atoms with E-state index in [1.54, 1.807) is 35.6 Å². The van der Waals surface area contributed by atoms with Gasteiger partial charge >= 0.3 is 0 Å². The molecule has 1 aromatic heterocycles. The van der Waals surface area contributed by atoms with Gasteiger partial charge < -0.3 is 10.2 Å². The van der Waals surface area contributed by atoms with Gasteiger partial charge in [-0.1, -0.05) is 18.2 Å². The van der Waals surface area contributed by atoms with Crippen molar-refractivity contribution < 1.29 is 9.59 Å². The monoisotopic (exact) mass is 355 g/mol. The van der Waals surface area contributed by atoms with Crippen molar-refractivity contribution in [2.75, 3.05) is 13.1 Å². The summed E-state index contributed by atoms with van der Waals surface area (Å²) < 4.78 is 0. The molecule has 25 heavy (non-hydrogen) atoms. The maximum absolute atomic E-state index is 12.3. The van der Waals surface area contributed by atoms with E-state index in [1.165, 1.54) is 0 Å². The van der Waals surface area contributed by atoms with Gasteiger partial charge in [0.05, 0.1) is 10.7 Å². The van der Waals surface area contributed by atoms with Crippen LogP contribution in [0.25, 0.3) is 6.08 Å². The summed E-state index contributed by atoms with van der Waals surface area (Å²) in [7, 11) is 0. The fourth-order valence-electron chi connectivity index (χ4n) is 2.82. The smallest absolute Gasteiger partial charge is 0.251 e. The lowest BCUT2D eigenvalue weighted by molar-refractivity contribution is -0.126. The molecular formula is C19H21N3O2S. The van der Waals surface area contributed by atoms with Crippen molar-refractivity contribution in [1.29, 1.82) is 0 Å². The molecule has 130 valence electrons. The highest BCUT2D eigenvalue weighted by molar-refractivity contribution is 7.09. The number of amides is 2. The highest BCUT2D eigenvalue weighted by Gasteiger charge is 2.23. The van der Waals surface area contributed by atoms with Gasteiger partial charge in [-0.2, -0.15) is 0 Å². The molecule has 1 aromatic carbocycles. The van der Waals surface area contributed by atoms with E-state index in [0.29, 0.717) is 18.7 Å². The quantitative estimate of drug-likeness (QED) is 0.858. The van der Waals surface area contributed by atoms with Crippen LogP contribution in [-0.2, 0) is 4.79 Å². The van der Waals surface area contributed by atoms with Gasteiger partial charge in [0, 0.05) is 36.2 Å². The van der Waals surface area contributed by atoms with Crippen molar-refractivity contribution in [3.05, 3.63) is 58.1 Å². The zero-order chi connectivity index (χ0) is 17.6. The van der Waals surface area contributed by atoms with E-state index >= 15 is 0 Å². The van der Waals surface area contributed by atoms with E-state index in [2.05, 4.69) is 10.3 Å². The van der Waals surface area contributed by atoms with Crippen LogP contribution in [0.3, 0.4) is 0 Å². The molecule has 0 unspecified atom stereocenters. The van der Waals surface area contributed by atoms with E-state index in [4.69, 9.17) is 0 Å². The Balaban J connectivity index is 1.47. The lowest BCUT2D eigenvalue weighted by Crippen LogP contribution is -2.46. The first-order valence-corrected chi connectivity index (χ1v) is 9.25. The summed E-state index contributed by atoms with van der Waals surface area (Å²) in [5.41, 5.74) is 1.49. The molecule has 1 N–H and O–H groups in total. The number of carbonyl (C=O) groups excluding carboxylic acids is 2. The summed E-state index contributed by atoms with van der Waals surface area (Å²) in [5.74, 6) is -0.0531. The van der Waals surface area contributed by atoms with Gasteiger partial charge in [0.15, 0.2) is 0 Å². The van der Waals surface area contributed by atoms with Crippen LogP contribution in [-0.4, -0.2) is 40.8 Å². The number of hydrogen-bond acceptors (Lipinski definition) is 4. The molecule has 6 heteroatoms. The third kappa shape index (κ3) is 4.76. The van der Waals surface area contributed by atoms with Crippen molar-refractivity contribution in [3.63, 3.8) is 0 Å². The van der Waals surface area contributed by atoms with Crippen LogP contribution in [0.15, 0.2) is 41.8 Å². The van der Waals surface area contributed by atoms with Gasteiger partial charge in [-0.15, -0.1) is 11.3 Å². The first kappa shape index (κ1) is 17.4. The lowest BCUT2D eigenvalue weighted by atomic mass is 10.0. The number of carbonyl (C=O) groups is 2. The standard InChI is InChI=1S/C19H21N3O2S/c1-14-20-17(13-25-14)7-8-18(23)22-11-9-16(10-12-22)21-19(24)15-5-3-2-4-6-15/h2-8,13,16H,9-12H2,1H3,(H,21,24)/b8-7+. The average molecular weight is 355 g/mol. The number of piperidine rings is 1. The summed E-state index contributed by atoms with van der Waals surface area (Å²) in [4.78, 5) is 30.6. The van der Waals surface area contributed by atoms with Crippen molar-refractivity contribution >= 4 is 29.2 Å². The van der Waals surface area contributed by atoms with Gasteiger partial charge in [0.1, 0.15) is 0 Å². The summed E-state index contributed by atoms with van der Waals surface area (Å²) in [6, 6.07) is 9.32. The Kier molecular flexibility index (Phi) is 5.60. The fraction of sp³-hybridized carbons (Fsp3) is 0.316. The molecule has 0 spiro atoms. The molecule has 3 rings (SSSR count). The third-order valence-corrected chi connectivity index (χ3v) is 5.00. The highest BCUT2D eigenvalue weighted by Crippen LogP contribution is 2.13. The molecule has 0 saturated carbocycles. The number of thiazole rings is 1. The first-order chi connectivity index (χ1) is 12.1. The van der Waals surface area contributed by atoms with Gasteiger partial charge in [0.2, 0.25) is 5.91 Å². The van der Waals surface area contributed by atoms with Crippen LogP contribution in [0.2, 0.25) is 0 Å². The molecule has 0 aliphatic carbocycles. The first-order valence-electron chi connectivity index (χ1n) is 8.37. The van der Waals surface area contributed by atoms with Crippen LogP contribution in [0.4, 0.5) is 0 Å². The van der Waals surface area contributed by atoms with Crippen LogP contribution >= 0.6 is 11.3 Å². The Morgan fingerprint density at radius 3 is 2.60 bits per heavy atom. The van der Waals surface area contributed by atoms with E-state index < -0.39 is 0 Å². The molecule has 2 heterocycles. The molecule has 0 atom stereocenters. The van der Waals surface area contributed by atoms with Crippen LogP contribution in [0, 0.1) is 6.92 Å². The molecule has 2 amide bonds. The molecule has 2 aromatic rings. The maximum Gasteiger partial charge on any atom is 0.251 e. The Bertz CT molecular complexity index is 762. The number of hydrogen-bond donors (Lipinski definition) is 1. The number of nitrogens with zero attached hydrogens (tertiary/aromatic N) is 2. The van der Waals surface area contributed by atoms with E-state index in [9.17, 15) is 9.59 Å². The Hall–Kier alpha value is -2.47. The normalized spacial score (nSPS) is 15.5. The Morgan fingerprint density at radius 1 is 1.24 bits per heavy atom. The highest BCUT2D eigenvalue weighted by atomic mass is 32.1. The molecule has 5 nitrogen and oxygen atoms in total. The molecule has 0 radical (unpaired) electrons. The summed E-state index contributed by atoms with van der Waals surface area (Å²) in [6.07, 6.45) is 4.88. The van der Waals surface area contributed by atoms with Crippen molar-refractivity contribution in [2.24, 2.45) is 0 Å². The average Bonchev–Trinajstić information content (AvgIpc) is 3.06. The zero-order valence-electron chi connectivity index (χ0n) is 14.1. The minimum atomic E-state index is -0.0517. The zero-order valence-corrected chi connectivity index (χ0v) is 15.0. The maximum atomic E-state index is 12.3. The minimum Gasteiger partial charge on any atom is -0.349 e. The molecule has 1 fully saturated rings. The van der Waals surface area contributed by atoms with Gasteiger partial charge in [-0.3, -0.25) is 9.59 Å². The second-order valence-electron chi connectivity index (χ2n) is 6.06. The Labute approximate surface area is 151 Å².